The molecule has 0 fully saturated rings. The summed E-state index contributed by atoms with van der Waals surface area (Å²) < 4.78 is 11.2. The van der Waals surface area contributed by atoms with Crippen LogP contribution in [0.15, 0.2) is 77.1 Å². The van der Waals surface area contributed by atoms with Crippen LogP contribution in [0.2, 0.25) is 0 Å². The third-order valence-electron chi connectivity index (χ3n) is 6.48. The quantitative estimate of drug-likeness (QED) is 0.433. The Morgan fingerprint density at radius 3 is 2.40 bits per heavy atom. The molecule has 4 rings (SSSR count). The molecular weight excluding hydrogens is 440 g/mol. The summed E-state index contributed by atoms with van der Waals surface area (Å²) in [7, 11) is 0. The Kier molecular flexibility index (Phi) is 7.53. The molecule has 0 radical (unpaired) electrons. The maximum Gasteiger partial charge on any atom is 0.336 e. The number of ether oxygens (including phenoxy) is 2. The van der Waals surface area contributed by atoms with E-state index in [-0.39, 0.29) is 24.4 Å². The molecule has 3 N–H and O–H groups in total. The second-order valence-corrected chi connectivity index (χ2v) is 9.83. The number of Topliss-reactive ketones (excluding diaryl/α,β-unsaturated/α-hetero) is 1. The molecule has 6 nitrogen and oxygen atoms in total. The van der Waals surface area contributed by atoms with Crippen LogP contribution < -0.4 is 11.1 Å². The highest BCUT2D eigenvalue weighted by Gasteiger charge is 2.43. The van der Waals surface area contributed by atoms with Crippen LogP contribution in [0.1, 0.15) is 45.1 Å². The Bertz CT molecular complexity index is 1150. The molecule has 1 atom stereocenters. The Morgan fingerprint density at radius 1 is 1.06 bits per heavy atom. The highest BCUT2D eigenvalue weighted by Crippen LogP contribution is 2.47. The molecule has 1 heterocycles. The van der Waals surface area contributed by atoms with Crippen molar-refractivity contribution >= 4 is 11.8 Å². The van der Waals surface area contributed by atoms with E-state index in [0.29, 0.717) is 42.8 Å². The monoisotopic (exact) mass is 474 g/mol. The number of rotatable bonds is 8. The largest absolute Gasteiger partial charge is 0.463 e. The van der Waals surface area contributed by atoms with Gasteiger partial charge in [0.25, 0.3) is 0 Å². The van der Waals surface area contributed by atoms with Gasteiger partial charge in [-0.05, 0) is 35.4 Å². The topological polar surface area (TPSA) is 90.7 Å². The van der Waals surface area contributed by atoms with Crippen molar-refractivity contribution in [2.75, 3.05) is 26.4 Å². The molecule has 184 valence electrons. The maximum atomic E-state index is 13.5. The van der Waals surface area contributed by atoms with Gasteiger partial charge in [0.1, 0.15) is 0 Å². The zero-order chi connectivity index (χ0) is 25.0. The summed E-state index contributed by atoms with van der Waals surface area (Å²) in [4.78, 5) is 26.8. The number of nitrogens with two attached hydrogens (primary N) is 1. The van der Waals surface area contributed by atoms with Gasteiger partial charge in [0.2, 0.25) is 0 Å². The van der Waals surface area contributed by atoms with Crippen molar-refractivity contribution in [2.24, 2.45) is 11.1 Å². The number of benzene rings is 2. The van der Waals surface area contributed by atoms with Crippen LogP contribution in [0.25, 0.3) is 11.1 Å². The standard InChI is InChI=1S/C29H34N2O4/c1-4-35-28(33)27-23(18-34-15-14-30)31-22-16-29(2,3)17-24(32)26(22)25(27)21-12-10-20(11-13-21)19-8-6-5-7-9-19/h5-13,25,31H,4,14-18,30H2,1-3H3. The highest BCUT2D eigenvalue weighted by atomic mass is 16.5. The summed E-state index contributed by atoms with van der Waals surface area (Å²) in [6, 6.07) is 18.2. The van der Waals surface area contributed by atoms with Crippen LogP contribution in [0, 0.1) is 5.41 Å². The molecule has 0 saturated heterocycles. The van der Waals surface area contributed by atoms with Gasteiger partial charge in [-0.1, -0.05) is 68.4 Å². The van der Waals surface area contributed by atoms with Gasteiger partial charge in [0.05, 0.1) is 31.1 Å². The van der Waals surface area contributed by atoms with Crippen molar-refractivity contribution < 1.29 is 19.1 Å². The van der Waals surface area contributed by atoms with Crippen LogP contribution in [-0.2, 0) is 19.1 Å². The number of hydrogen-bond acceptors (Lipinski definition) is 6. The molecule has 2 aromatic rings. The van der Waals surface area contributed by atoms with Crippen molar-refractivity contribution in [3.63, 3.8) is 0 Å². The van der Waals surface area contributed by atoms with E-state index in [0.717, 1.165) is 22.4 Å². The first kappa shape index (κ1) is 24.9. The minimum atomic E-state index is -0.518. The lowest BCUT2D eigenvalue weighted by atomic mass is 9.68. The number of esters is 1. The second kappa shape index (κ2) is 10.6. The van der Waals surface area contributed by atoms with E-state index in [2.05, 4.69) is 31.3 Å². The van der Waals surface area contributed by atoms with Crippen LogP contribution in [-0.4, -0.2) is 38.1 Å². The third kappa shape index (κ3) is 5.39. The lowest BCUT2D eigenvalue weighted by molar-refractivity contribution is -0.139. The van der Waals surface area contributed by atoms with Crippen LogP contribution in [0.4, 0.5) is 0 Å². The molecule has 0 bridgehead atoms. The summed E-state index contributed by atoms with van der Waals surface area (Å²) in [6.07, 6.45) is 1.14. The predicted molar refractivity (Wildman–Crippen MR) is 136 cm³/mol. The summed E-state index contributed by atoms with van der Waals surface area (Å²) in [5.41, 5.74) is 11.1. The van der Waals surface area contributed by atoms with E-state index in [1.54, 1.807) is 6.92 Å². The minimum absolute atomic E-state index is 0.0598. The molecule has 1 aliphatic carbocycles. The number of nitrogens with one attached hydrogen (secondary N) is 1. The van der Waals surface area contributed by atoms with Crippen LogP contribution >= 0.6 is 0 Å². The zero-order valence-electron chi connectivity index (χ0n) is 20.7. The van der Waals surface area contributed by atoms with Crippen LogP contribution in [0.5, 0.6) is 0 Å². The fourth-order valence-corrected chi connectivity index (χ4v) is 5.00. The molecule has 0 amide bonds. The van der Waals surface area contributed by atoms with Crippen molar-refractivity contribution in [3.8, 4) is 11.1 Å². The summed E-state index contributed by atoms with van der Waals surface area (Å²) in [5.74, 6) is -0.896. The Labute approximate surface area is 207 Å². The fourth-order valence-electron chi connectivity index (χ4n) is 5.00. The molecule has 1 unspecified atom stereocenters. The SMILES string of the molecule is CCOC(=O)C1=C(COCCN)NC2=C(C(=O)CC(C)(C)C2)C1c1ccc(-c2ccccc2)cc1. The smallest absolute Gasteiger partial charge is 0.336 e. The van der Waals surface area contributed by atoms with E-state index in [4.69, 9.17) is 15.2 Å². The minimum Gasteiger partial charge on any atom is -0.463 e. The number of allylic oxidation sites excluding steroid dienone is 2. The lowest BCUT2D eigenvalue weighted by Gasteiger charge is -2.40. The molecule has 2 aromatic carbocycles. The maximum absolute atomic E-state index is 13.5. The van der Waals surface area contributed by atoms with Gasteiger partial charge in [-0.25, -0.2) is 4.79 Å². The Morgan fingerprint density at radius 2 is 1.74 bits per heavy atom. The van der Waals surface area contributed by atoms with Crippen LogP contribution in [0.3, 0.4) is 0 Å². The molecule has 35 heavy (non-hydrogen) atoms. The van der Waals surface area contributed by atoms with E-state index in [1.807, 2.05) is 42.5 Å². The van der Waals surface area contributed by atoms with Gasteiger partial charge >= 0.3 is 5.97 Å². The van der Waals surface area contributed by atoms with E-state index >= 15 is 0 Å². The van der Waals surface area contributed by atoms with Gasteiger partial charge in [-0.3, -0.25) is 4.79 Å². The average Bonchev–Trinajstić information content (AvgIpc) is 2.83. The van der Waals surface area contributed by atoms with Gasteiger partial charge < -0.3 is 20.5 Å². The molecule has 0 saturated carbocycles. The van der Waals surface area contributed by atoms with E-state index in [9.17, 15) is 9.59 Å². The number of hydrogen-bond donors (Lipinski definition) is 2. The second-order valence-electron chi connectivity index (χ2n) is 9.83. The summed E-state index contributed by atoms with van der Waals surface area (Å²) in [5, 5.41) is 3.40. The van der Waals surface area contributed by atoms with E-state index < -0.39 is 11.9 Å². The van der Waals surface area contributed by atoms with Crippen molar-refractivity contribution in [1.29, 1.82) is 0 Å². The number of dihydropyridines is 1. The van der Waals surface area contributed by atoms with Crippen molar-refractivity contribution in [1.82, 2.24) is 5.32 Å². The zero-order valence-corrected chi connectivity index (χ0v) is 20.7. The van der Waals surface area contributed by atoms with Crippen molar-refractivity contribution in [3.05, 3.63) is 82.7 Å². The fraction of sp³-hybridized carbons (Fsp3) is 0.379. The molecular formula is C29H34N2O4. The predicted octanol–water partition coefficient (Wildman–Crippen LogP) is 4.48. The van der Waals surface area contributed by atoms with Gasteiger partial charge in [0, 0.05) is 30.2 Å². The number of ketones is 1. The first-order chi connectivity index (χ1) is 16.8. The molecule has 2 aliphatic rings. The van der Waals surface area contributed by atoms with E-state index in [1.165, 1.54) is 0 Å². The lowest BCUT2D eigenvalue weighted by Crippen LogP contribution is -2.40. The van der Waals surface area contributed by atoms with Gasteiger partial charge in [-0.15, -0.1) is 0 Å². The normalized spacial score (nSPS) is 19.3. The number of carbonyl (C=O) groups is 2. The first-order valence-electron chi connectivity index (χ1n) is 12.2. The van der Waals surface area contributed by atoms with Gasteiger partial charge in [0.15, 0.2) is 5.78 Å². The Hall–Kier alpha value is -3.22. The first-order valence-corrected chi connectivity index (χ1v) is 12.2. The summed E-state index contributed by atoms with van der Waals surface area (Å²) >= 11 is 0. The molecule has 1 aliphatic heterocycles. The average molecular weight is 475 g/mol. The number of carbonyl (C=O) groups excluding carboxylic acids is 2. The van der Waals surface area contributed by atoms with Gasteiger partial charge in [-0.2, -0.15) is 0 Å². The highest BCUT2D eigenvalue weighted by molar-refractivity contribution is 6.04. The third-order valence-corrected chi connectivity index (χ3v) is 6.48. The van der Waals surface area contributed by atoms with Crippen molar-refractivity contribution in [2.45, 2.75) is 39.5 Å². The molecule has 0 spiro atoms. The Balaban J connectivity index is 1.83. The molecule has 0 aromatic heterocycles. The molecule has 6 heteroatoms. The summed E-state index contributed by atoms with van der Waals surface area (Å²) in [6.45, 7) is 7.15.